The van der Waals surface area contributed by atoms with E-state index in [1.54, 1.807) is 7.05 Å². The molecule has 0 spiro atoms. The number of carbonyl (C=O) groups is 1. The van der Waals surface area contributed by atoms with Crippen molar-refractivity contribution in [2.24, 2.45) is 7.05 Å². The fourth-order valence-corrected chi connectivity index (χ4v) is 2.79. The first-order valence-corrected chi connectivity index (χ1v) is 7.13. The van der Waals surface area contributed by atoms with Gasteiger partial charge in [0.2, 0.25) is 0 Å². The molecule has 0 unspecified atom stereocenters. The zero-order valence-corrected chi connectivity index (χ0v) is 12.6. The molecule has 22 heavy (non-hydrogen) atoms. The van der Waals surface area contributed by atoms with E-state index in [1.807, 2.05) is 0 Å². The Kier molecular flexibility index (Phi) is 3.70. The molecule has 2 heterocycles. The lowest BCUT2D eigenvalue weighted by Crippen LogP contribution is -2.40. The van der Waals surface area contributed by atoms with E-state index in [9.17, 15) is 14.0 Å². The van der Waals surface area contributed by atoms with Crippen LogP contribution in [0.25, 0.3) is 0 Å². The average molecular weight is 322 g/mol. The largest absolute Gasteiger partial charge is 0.332 e. The van der Waals surface area contributed by atoms with Crippen molar-refractivity contribution in [1.82, 2.24) is 14.5 Å². The third-order valence-corrected chi connectivity index (χ3v) is 4.06. The predicted octanol–water partition coefficient (Wildman–Crippen LogP) is 1.77. The van der Waals surface area contributed by atoms with Crippen LogP contribution in [0.2, 0.25) is 5.02 Å². The van der Waals surface area contributed by atoms with Gasteiger partial charge in [0.05, 0.1) is 29.2 Å². The highest BCUT2D eigenvalue weighted by Gasteiger charge is 2.27. The van der Waals surface area contributed by atoms with Crippen molar-refractivity contribution in [2.45, 2.75) is 13.0 Å². The Hall–Kier alpha value is -2.21. The first kappa shape index (κ1) is 14.7. The Balaban J connectivity index is 1.94. The van der Waals surface area contributed by atoms with E-state index in [1.165, 1.54) is 34.0 Å². The number of aryl methyl sites for hydroxylation is 1. The lowest BCUT2D eigenvalue weighted by molar-refractivity contribution is 0.0726. The maximum Gasteiger partial charge on any atom is 0.258 e. The number of benzene rings is 1. The normalized spacial score (nSPS) is 13.9. The molecule has 0 saturated heterocycles. The van der Waals surface area contributed by atoms with Crippen LogP contribution in [-0.2, 0) is 20.0 Å². The molecule has 1 aromatic carbocycles. The van der Waals surface area contributed by atoms with Gasteiger partial charge in [-0.15, -0.1) is 0 Å². The van der Waals surface area contributed by atoms with Gasteiger partial charge in [0.1, 0.15) is 5.82 Å². The van der Waals surface area contributed by atoms with Crippen molar-refractivity contribution in [2.75, 3.05) is 6.54 Å². The molecule has 1 aliphatic heterocycles. The summed E-state index contributed by atoms with van der Waals surface area (Å²) in [7, 11) is 1.63. The summed E-state index contributed by atoms with van der Waals surface area (Å²) < 4.78 is 15.3. The molecular formula is C15H13ClFN3O2. The van der Waals surface area contributed by atoms with Crippen LogP contribution in [0.5, 0.6) is 0 Å². The van der Waals surface area contributed by atoms with Crippen LogP contribution in [0.4, 0.5) is 4.39 Å². The zero-order valence-electron chi connectivity index (χ0n) is 11.8. The standard InChI is InChI=1S/C15H13ClFN3O2/c1-19-8-18-12-7-20(6-5-9(12)14(19)21)15(22)13-10(16)3-2-4-11(13)17/h2-4,8H,5-7H2,1H3. The van der Waals surface area contributed by atoms with Crippen molar-refractivity contribution in [3.8, 4) is 0 Å². The van der Waals surface area contributed by atoms with Crippen LogP contribution < -0.4 is 5.56 Å². The molecule has 1 aliphatic rings. The van der Waals surface area contributed by atoms with E-state index in [4.69, 9.17) is 11.6 Å². The van der Waals surface area contributed by atoms with Gasteiger partial charge in [0, 0.05) is 19.2 Å². The SMILES string of the molecule is Cn1cnc2c(c1=O)CCN(C(=O)c1c(F)cccc1Cl)C2. The first-order chi connectivity index (χ1) is 10.5. The highest BCUT2D eigenvalue weighted by molar-refractivity contribution is 6.33. The van der Waals surface area contributed by atoms with Gasteiger partial charge in [-0.3, -0.25) is 9.59 Å². The Labute approximate surface area is 131 Å². The molecule has 114 valence electrons. The van der Waals surface area contributed by atoms with E-state index in [0.29, 0.717) is 24.2 Å². The minimum Gasteiger partial charge on any atom is -0.332 e. The number of fused-ring (bicyclic) bond motifs is 1. The molecule has 0 N–H and O–H groups in total. The Bertz CT molecular complexity index is 799. The van der Waals surface area contributed by atoms with E-state index in [0.717, 1.165) is 0 Å². The fourth-order valence-electron chi connectivity index (χ4n) is 2.55. The molecule has 0 aliphatic carbocycles. The topological polar surface area (TPSA) is 55.2 Å². The zero-order chi connectivity index (χ0) is 15.9. The van der Waals surface area contributed by atoms with Crippen LogP contribution in [0.3, 0.4) is 0 Å². The second-order valence-corrected chi connectivity index (χ2v) is 5.57. The van der Waals surface area contributed by atoms with E-state index in [-0.39, 0.29) is 22.7 Å². The molecule has 2 aromatic rings. The molecule has 3 rings (SSSR count). The summed E-state index contributed by atoms with van der Waals surface area (Å²) in [5.41, 5.74) is 0.904. The summed E-state index contributed by atoms with van der Waals surface area (Å²) >= 11 is 5.93. The molecule has 1 amide bonds. The number of rotatable bonds is 1. The number of amides is 1. The summed E-state index contributed by atoms with van der Waals surface area (Å²) in [6.45, 7) is 0.506. The van der Waals surface area contributed by atoms with Gasteiger partial charge >= 0.3 is 0 Å². The highest BCUT2D eigenvalue weighted by Crippen LogP contribution is 2.23. The Morgan fingerprint density at radius 3 is 2.91 bits per heavy atom. The molecule has 0 saturated carbocycles. The molecule has 7 heteroatoms. The third kappa shape index (κ3) is 2.39. The molecular weight excluding hydrogens is 309 g/mol. The van der Waals surface area contributed by atoms with Crippen molar-refractivity contribution in [3.63, 3.8) is 0 Å². The number of aromatic nitrogens is 2. The Morgan fingerprint density at radius 1 is 1.41 bits per heavy atom. The van der Waals surface area contributed by atoms with Crippen LogP contribution >= 0.6 is 11.6 Å². The highest BCUT2D eigenvalue weighted by atomic mass is 35.5. The summed E-state index contributed by atoms with van der Waals surface area (Å²) in [5, 5.41) is 0.0766. The van der Waals surface area contributed by atoms with Gasteiger partial charge in [-0.05, 0) is 18.6 Å². The number of halogens is 2. The van der Waals surface area contributed by atoms with Gasteiger partial charge in [-0.25, -0.2) is 9.37 Å². The maximum absolute atomic E-state index is 13.9. The summed E-state index contributed by atoms with van der Waals surface area (Å²) in [6, 6.07) is 4.12. The smallest absolute Gasteiger partial charge is 0.258 e. The quantitative estimate of drug-likeness (QED) is 0.804. The van der Waals surface area contributed by atoms with Crippen molar-refractivity contribution < 1.29 is 9.18 Å². The summed E-state index contributed by atoms with van der Waals surface area (Å²) in [5.74, 6) is -1.14. The fraction of sp³-hybridized carbons (Fsp3) is 0.267. The number of hydrogen-bond donors (Lipinski definition) is 0. The molecule has 1 aromatic heterocycles. The van der Waals surface area contributed by atoms with Crippen molar-refractivity contribution in [3.05, 3.63) is 62.5 Å². The van der Waals surface area contributed by atoms with Crippen LogP contribution in [-0.4, -0.2) is 26.9 Å². The van der Waals surface area contributed by atoms with Crippen LogP contribution in [0.15, 0.2) is 29.3 Å². The number of hydrogen-bond acceptors (Lipinski definition) is 3. The molecule has 0 bridgehead atoms. The number of nitrogens with zero attached hydrogens (tertiary/aromatic N) is 3. The van der Waals surface area contributed by atoms with Gasteiger partial charge in [-0.2, -0.15) is 0 Å². The third-order valence-electron chi connectivity index (χ3n) is 3.75. The van der Waals surface area contributed by atoms with Crippen LogP contribution in [0.1, 0.15) is 21.6 Å². The molecule has 0 radical (unpaired) electrons. The molecule has 0 fully saturated rings. The van der Waals surface area contributed by atoms with Crippen molar-refractivity contribution in [1.29, 1.82) is 0 Å². The minimum absolute atomic E-state index is 0.0766. The second kappa shape index (κ2) is 5.53. The lowest BCUT2D eigenvalue weighted by atomic mass is 10.0. The van der Waals surface area contributed by atoms with E-state index < -0.39 is 11.7 Å². The molecule has 5 nitrogen and oxygen atoms in total. The number of carbonyl (C=O) groups excluding carboxylic acids is 1. The lowest BCUT2D eigenvalue weighted by Gasteiger charge is -2.28. The minimum atomic E-state index is -0.653. The maximum atomic E-state index is 13.9. The first-order valence-electron chi connectivity index (χ1n) is 6.75. The van der Waals surface area contributed by atoms with Crippen LogP contribution in [0, 0.1) is 5.82 Å². The van der Waals surface area contributed by atoms with E-state index >= 15 is 0 Å². The average Bonchev–Trinajstić information content (AvgIpc) is 2.50. The molecule has 0 atom stereocenters. The van der Waals surface area contributed by atoms with Crippen molar-refractivity contribution >= 4 is 17.5 Å². The van der Waals surface area contributed by atoms with Gasteiger partial charge in [0.15, 0.2) is 0 Å². The summed E-state index contributed by atoms with van der Waals surface area (Å²) in [6.07, 6.45) is 1.82. The summed E-state index contributed by atoms with van der Waals surface area (Å²) in [4.78, 5) is 30.2. The monoisotopic (exact) mass is 321 g/mol. The van der Waals surface area contributed by atoms with Gasteiger partial charge < -0.3 is 9.47 Å². The van der Waals surface area contributed by atoms with Gasteiger partial charge in [-0.1, -0.05) is 17.7 Å². The second-order valence-electron chi connectivity index (χ2n) is 5.16. The predicted molar refractivity (Wildman–Crippen MR) is 79.3 cm³/mol. The Morgan fingerprint density at radius 2 is 2.18 bits per heavy atom. The van der Waals surface area contributed by atoms with Gasteiger partial charge in [0.25, 0.3) is 11.5 Å². The van der Waals surface area contributed by atoms with E-state index in [2.05, 4.69) is 4.98 Å².